The molecule has 5 nitrogen and oxygen atoms in total. The second kappa shape index (κ2) is 6.86. The molecule has 2 aromatic heterocycles. The number of aromatic nitrogens is 3. The van der Waals surface area contributed by atoms with Crippen LogP contribution in [-0.4, -0.2) is 39.1 Å². The van der Waals surface area contributed by atoms with Crippen LogP contribution in [0.5, 0.6) is 0 Å². The van der Waals surface area contributed by atoms with Crippen LogP contribution in [0, 0.1) is 32.6 Å². The predicted molar refractivity (Wildman–Crippen MR) is 108 cm³/mol. The van der Waals surface area contributed by atoms with E-state index in [0.29, 0.717) is 17.8 Å². The van der Waals surface area contributed by atoms with Crippen molar-refractivity contribution in [3.63, 3.8) is 0 Å². The van der Waals surface area contributed by atoms with Crippen molar-refractivity contribution >= 4 is 0 Å². The molecule has 2 bridgehead atoms. The van der Waals surface area contributed by atoms with E-state index in [-0.39, 0.29) is 5.56 Å². The molecular weight excluding hydrogens is 336 g/mol. The van der Waals surface area contributed by atoms with Gasteiger partial charge >= 0.3 is 0 Å². The molecule has 27 heavy (non-hydrogen) atoms. The maximum absolute atomic E-state index is 12.9. The van der Waals surface area contributed by atoms with Crippen LogP contribution in [0.25, 0.3) is 11.3 Å². The molecule has 4 heterocycles. The topological polar surface area (TPSA) is 51.0 Å². The minimum Gasteiger partial charge on any atom is -0.312 e. The highest BCUT2D eigenvalue weighted by molar-refractivity contribution is 5.64. The van der Waals surface area contributed by atoms with Crippen molar-refractivity contribution in [2.45, 2.75) is 53.5 Å². The van der Waals surface area contributed by atoms with Gasteiger partial charge < -0.3 is 9.47 Å². The number of nitrogens with zero attached hydrogens (tertiary/aromatic N) is 4. The lowest BCUT2D eigenvalue weighted by Gasteiger charge is -2.43. The molecule has 2 aliphatic rings. The summed E-state index contributed by atoms with van der Waals surface area (Å²) in [5.41, 5.74) is 5.19. The van der Waals surface area contributed by atoms with Crippen LogP contribution in [-0.2, 0) is 6.54 Å². The Kier molecular flexibility index (Phi) is 4.66. The van der Waals surface area contributed by atoms with Crippen molar-refractivity contribution in [3.05, 3.63) is 45.3 Å². The van der Waals surface area contributed by atoms with Crippen LogP contribution in [0.15, 0.2) is 16.9 Å². The molecule has 0 saturated carbocycles. The molecule has 2 aliphatic heterocycles. The Balaban J connectivity index is 1.77. The Labute approximate surface area is 161 Å². The van der Waals surface area contributed by atoms with E-state index in [1.54, 1.807) is 6.07 Å². The number of piperidine rings is 1. The standard InChI is InChI=1S/C22H30N4O/c1-13(2)9-25-10-17-6-19(12-25)20-7-18(8-21(27)26(20)11-17)22-14(3)15(4)23-16(5)24-22/h7-8,13,17,19H,6,9-12H2,1-5H3/t17-,19+/m0/s1. The summed E-state index contributed by atoms with van der Waals surface area (Å²) in [6.07, 6.45) is 1.19. The molecule has 0 radical (unpaired) electrons. The minimum absolute atomic E-state index is 0.114. The number of rotatable bonds is 3. The smallest absolute Gasteiger partial charge is 0.251 e. The highest BCUT2D eigenvalue weighted by Gasteiger charge is 2.35. The molecule has 0 N–H and O–H groups in total. The van der Waals surface area contributed by atoms with Crippen LogP contribution in [0.2, 0.25) is 0 Å². The van der Waals surface area contributed by atoms with Crippen molar-refractivity contribution in [3.8, 4) is 11.3 Å². The van der Waals surface area contributed by atoms with E-state index >= 15 is 0 Å². The lowest BCUT2D eigenvalue weighted by atomic mass is 9.82. The Morgan fingerprint density at radius 3 is 2.63 bits per heavy atom. The third-order valence-electron chi connectivity index (χ3n) is 6.03. The molecular formula is C22H30N4O. The molecule has 0 unspecified atom stereocenters. The Bertz CT molecular complexity index is 931. The number of pyridine rings is 1. The summed E-state index contributed by atoms with van der Waals surface area (Å²) in [6.45, 7) is 14.7. The summed E-state index contributed by atoms with van der Waals surface area (Å²) in [5.74, 6) is 2.45. The SMILES string of the molecule is Cc1nc(C)c(C)c(-c2cc3n(c(=O)c2)C[C@H]2C[C@@H]3CN(CC(C)C)C2)n1. The second-order valence-electron chi connectivity index (χ2n) is 8.86. The van der Waals surface area contributed by atoms with Crippen LogP contribution < -0.4 is 5.56 Å². The molecule has 2 aromatic rings. The van der Waals surface area contributed by atoms with Gasteiger partial charge in [0.25, 0.3) is 5.56 Å². The maximum Gasteiger partial charge on any atom is 0.251 e. The average molecular weight is 367 g/mol. The fourth-order valence-corrected chi connectivity index (χ4v) is 4.91. The highest BCUT2D eigenvalue weighted by Crippen LogP contribution is 2.37. The minimum atomic E-state index is 0.114. The van der Waals surface area contributed by atoms with Crippen molar-refractivity contribution in [2.24, 2.45) is 11.8 Å². The van der Waals surface area contributed by atoms with Crippen molar-refractivity contribution in [1.82, 2.24) is 19.4 Å². The number of fused-ring (bicyclic) bond motifs is 4. The van der Waals surface area contributed by atoms with Gasteiger partial charge in [-0.25, -0.2) is 9.97 Å². The Hall–Kier alpha value is -2.01. The largest absolute Gasteiger partial charge is 0.312 e. The summed E-state index contributed by atoms with van der Waals surface area (Å²) in [5, 5.41) is 0. The molecule has 0 amide bonds. The molecule has 0 aromatic carbocycles. The van der Waals surface area contributed by atoms with Gasteiger partial charge in [-0.05, 0) is 50.7 Å². The zero-order valence-corrected chi connectivity index (χ0v) is 17.1. The zero-order chi connectivity index (χ0) is 19.3. The maximum atomic E-state index is 12.9. The summed E-state index contributed by atoms with van der Waals surface area (Å²) in [7, 11) is 0. The first-order chi connectivity index (χ1) is 12.8. The lowest BCUT2D eigenvalue weighted by molar-refractivity contribution is 0.109. The van der Waals surface area contributed by atoms with E-state index in [1.807, 2.05) is 25.3 Å². The van der Waals surface area contributed by atoms with Crippen LogP contribution in [0.4, 0.5) is 0 Å². The number of hydrogen-bond acceptors (Lipinski definition) is 4. The first-order valence-electron chi connectivity index (χ1n) is 10.1. The van der Waals surface area contributed by atoms with Gasteiger partial charge in [-0.1, -0.05) is 13.8 Å². The number of likely N-dealkylation sites (tertiary alicyclic amines) is 1. The molecule has 4 rings (SSSR count). The van der Waals surface area contributed by atoms with E-state index in [2.05, 4.69) is 34.8 Å². The van der Waals surface area contributed by atoms with Crippen LogP contribution in [0.1, 0.15) is 49.0 Å². The third kappa shape index (κ3) is 3.45. The van der Waals surface area contributed by atoms with Gasteiger partial charge in [-0.3, -0.25) is 4.79 Å². The van der Waals surface area contributed by atoms with Gasteiger partial charge in [0, 0.05) is 55.1 Å². The van der Waals surface area contributed by atoms with E-state index in [4.69, 9.17) is 0 Å². The molecule has 0 aliphatic carbocycles. The van der Waals surface area contributed by atoms with Crippen LogP contribution >= 0.6 is 0 Å². The fraction of sp³-hybridized carbons (Fsp3) is 0.591. The van der Waals surface area contributed by atoms with Crippen LogP contribution in [0.3, 0.4) is 0 Å². The molecule has 1 saturated heterocycles. The first kappa shape index (κ1) is 18.4. The molecule has 0 spiro atoms. The molecule has 1 fully saturated rings. The van der Waals surface area contributed by atoms with Gasteiger partial charge in [-0.15, -0.1) is 0 Å². The van der Waals surface area contributed by atoms with Gasteiger partial charge in [0.2, 0.25) is 0 Å². The summed E-state index contributed by atoms with van der Waals surface area (Å²) in [6, 6.07) is 3.99. The van der Waals surface area contributed by atoms with E-state index in [0.717, 1.165) is 54.5 Å². The number of aryl methyl sites for hydroxylation is 2. The van der Waals surface area contributed by atoms with Gasteiger partial charge in [0.15, 0.2) is 0 Å². The quantitative estimate of drug-likeness (QED) is 0.836. The monoisotopic (exact) mass is 366 g/mol. The second-order valence-corrected chi connectivity index (χ2v) is 8.86. The predicted octanol–water partition coefficient (Wildman–Crippen LogP) is 3.31. The van der Waals surface area contributed by atoms with Crippen molar-refractivity contribution in [2.75, 3.05) is 19.6 Å². The van der Waals surface area contributed by atoms with Gasteiger partial charge in [0.1, 0.15) is 5.82 Å². The third-order valence-corrected chi connectivity index (χ3v) is 6.03. The Morgan fingerprint density at radius 1 is 1.11 bits per heavy atom. The fourth-order valence-electron chi connectivity index (χ4n) is 4.91. The normalized spacial score (nSPS) is 22.1. The van der Waals surface area contributed by atoms with E-state index in [9.17, 15) is 4.79 Å². The van der Waals surface area contributed by atoms with E-state index in [1.165, 1.54) is 12.1 Å². The highest BCUT2D eigenvalue weighted by atomic mass is 16.1. The molecule has 144 valence electrons. The first-order valence-corrected chi connectivity index (χ1v) is 10.1. The van der Waals surface area contributed by atoms with Gasteiger partial charge in [-0.2, -0.15) is 0 Å². The summed E-state index contributed by atoms with van der Waals surface area (Å²) < 4.78 is 2.02. The molecule has 5 heteroatoms. The van der Waals surface area contributed by atoms with Gasteiger partial charge in [0.05, 0.1) is 5.69 Å². The summed E-state index contributed by atoms with van der Waals surface area (Å²) >= 11 is 0. The lowest BCUT2D eigenvalue weighted by Crippen LogP contribution is -2.48. The molecule has 2 atom stereocenters. The Morgan fingerprint density at radius 2 is 1.89 bits per heavy atom. The average Bonchev–Trinajstić information content (AvgIpc) is 2.58. The van der Waals surface area contributed by atoms with Crippen molar-refractivity contribution in [1.29, 1.82) is 0 Å². The van der Waals surface area contributed by atoms with E-state index < -0.39 is 0 Å². The summed E-state index contributed by atoms with van der Waals surface area (Å²) in [4.78, 5) is 24.6. The van der Waals surface area contributed by atoms with Crippen molar-refractivity contribution < 1.29 is 0 Å². The zero-order valence-electron chi connectivity index (χ0n) is 17.1. The number of hydrogen-bond donors (Lipinski definition) is 0.